The van der Waals surface area contributed by atoms with E-state index in [1.807, 2.05) is 13.8 Å². The fraction of sp³-hybridized carbons (Fsp3) is 0.588. The summed E-state index contributed by atoms with van der Waals surface area (Å²) < 4.78 is 27.2. The van der Waals surface area contributed by atoms with Crippen LogP contribution in [0.2, 0.25) is 0 Å². The fourth-order valence-corrected chi connectivity index (χ4v) is 4.97. The Kier molecular flexibility index (Phi) is 6.35. The van der Waals surface area contributed by atoms with Crippen molar-refractivity contribution in [2.45, 2.75) is 38.5 Å². The summed E-state index contributed by atoms with van der Waals surface area (Å²) in [5, 5.41) is 11.0. The summed E-state index contributed by atoms with van der Waals surface area (Å²) in [6.07, 6.45) is 0.922. The number of rotatable bonds is 6. The standard InChI is InChI=1S/C17H25N3O5S/c1-4-18(5-2)17(21)14-8-10-19(11-9-14)26(24,25)16-12-15(20(22)23)7-6-13(16)3/h6-7,12,14H,4-5,8-11H2,1-3H3. The van der Waals surface area contributed by atoms with E-state index in [-0.39, 0.29) is 35.5 Å². The van der Waals surface area contributed by atoms with E-state index in [0.717, 1.165) is 6.07 Å². The highest BCUT2D eigenvalue weighted by atomic mass is 32.2. The highest BCUT2D eigenvalue weighted by Crippen LogP contribution is 2.28. The number of nitro groups is 1. The second-order valence-corrected chi connectivity index (χ2v) is 8.30. The normalized spacial score (nSPS) is 16.4. The van der Waals surface area contributed by atoms with Crippen LogP contribution in [-0.4, -0.2) is 54.6 Å². The highest BCUT2D eigenvalue weighted by Gasteiger charge is 2.34. The van der Waals surface area contributed by atoms with Gasteiger partial charge in [0.2, 0.25) is 15.9 Å². The third-order valence-corrected chi connectivity index (χ3v) is 6.92. The number of non-ortho nitro benzene ring substituents is 1. The minimum absolute atomic E-state index is 0.0415. The molecule has 1 saturated heterocycles. The van der Waals surface area contributed by atoms with Crippen molar-refractivity contribution in [3.05, 3.63) is 33.9 Å². The Morgan fingerprint density at radius 1 is 1.27 bits per heavy atom. The largest absolute Gasteiger partial charge is 0.343 e. The SMILES string of the molecule is CCN(CC)C(=O)C1CCN(S(=O)(=O)c2cc([N+](=O)[O-])ccc2C)CC1. The minimum atomic E-state index is -3.83. The summed E-state index contributed by atoms with van der Waals surface area (Å²) in [6.45, 7) is 7.22. The van der Waals surface area contributed by atoms with E-state index < -0.39 is 14.9 Å². The van der Waals surface area contributed by atoms with Crippen molar-refractivity contribution in [3.8, 4) is 0 Å². The lowest BCUT2D eigenvalue weighted by Gasteiger charge is -2.33. The summed E-state index contributed by atoms with van der Waals surface area (Å²) >= 11 is 0. The summed E-state index contributed by atoms with van der Waals surface area (Å²) in [6, 6.07) is 3.85. The maximum absolute atomic E-state index is 12.9. The zero-order valence-electron chi connectivity index (χ0n) is 15.3. The molecule has 1 amide bonds. The van der Waals surface area contributed by atoms with Crippen LogP contribution < -0.4 is 0 Å². The van der Waals surface area contributed by atoms with E-state index in [2.05, 4.69) is 0 Å². The smallest absolute Gasteiger partial charge is 0.270 e. The Morgan fingerprint density at radius 2 is 1.85 bits per heavy atom. The van der Waals surface area contributed by atoms with E-state index in [9.17, 15) is 23.3 Å². The van der Waals surface area contributed by atoms with E-state index in [4.69, 9.17) is 0 Å². The molecule has 0 atom stereocenters. The molecule has 8 nitrogen and oxygen atoms in total. The molecule has 1 aromatic carbocycles. The average Bonchev–Trinajstić information content (AvgIpc) is 2.62. The van der Waals surface area contributed by atoms with E-state index in [1.165, 1.54) is 16.4 Å². The number of piperidine rings is 1. The van der Waals surface area contributed by atoms with Gasteiger partial charge in [0.15, 0.2) is 0 Å². The molecule has 1 aliphatic rings. The molecular weight excluding hydrogens is 358 g/mol. The van der Waals surface area contributed by atoms with Crippen molar-refractivity contribution in [2.24, 2.45) is 5.92 Å². The maximum atomic E-state index is 12.9. The second-order valence-electron chi connectivity index (χ2n) is 6.40. The van der Waals surface area contributed by atoms with Crippen LogP contribution in [0.1, 0.15) is 32.3 Å². The Labute approximate surface area is 154 Å². The monoisotopic (exact) mass is 383 g/mol. The van der Waals surface area contributed by atoms with Crippen LogP contribution in [0.15, 0.2) is 23.1 Å². The van der Waals surface area contributed by atoms with Crippen LogP contribution in [0.4, 0.5) is 5.69 Å². The molecule has 0 saturated carbocycles. The molecule has 1 fully saturated rings. The Hall–Kier alpha value is -2.00. The first-order valence-electron chi connectivity index (χ1n) is 8.76. The van der Waals surface area contributed by atoms with Crippen LogP contribution in [-0.2, 0) is 14.8 Å². The Morgan fingerprint density at radius 3 is 2.35 bits per heavy atom. The number of nitro benzene ring substituents is 1. The number of aryl methyl sites for hydroxylation is 1. The first kappa shape index (κ1) is 20.3. The lowest BCUT2D eigenvalue weighted by Crippen LogP contribution is -2.44. The van der Waals surface area contributed by atoms with Crippen LogP contribution in [0, 0.1) is 23.0 Å². The average molecular weight is 383 g/mol. The molecular formula is C17H25N3O5S. The van der Waals surface area contributed by atoms with Crippen LogP contribution in [0.3, 0.4) is 0 Å². The number of hydrogen-bond donors (Lipinski definition) is 0. The molecule has 0 spiro atoms. The summed E-state index contributed by atoms with van der Waals surface area (Å²) in [5.41, 5.74) is 0.220. The van der Waals surface area contributed by atoms with E-state index in [1.54, 1.807) is 11.8 Å². The van der Waals surface area contributed by atoms with Gasteiger partial charge in [-0.25, -0.2) is 8.42 Å². The number of amides is 1. The van der Waals surface area contributed by atoms with Crippen molar-refractivity contribution in [1.29, 1.82) is 0 Å². The highest BCUT2D eigenvalue weighted by molar-refractivity contribution is 7.89. The summed E-state index contributed by atoms with van der Waals surface area (Å²) in [4.78, 5) is 24.5. The predicted molar refractivity (Wildman–Crippen MR) is 97.2 cm³/mol. The molecule has 1 aromatic rings. The number of sulfonamides is 1. The first-order chi connectivity index (χ1) is 12.2. The van der Waals surface area contributed by atoms with Crippen molar-refractivity contribution in [3.63, 3.8) is 0 Å². The number of nitrogens with zero attached hydrogens (tertiary/aromatic N) is 3. The summed E-state index contributed by atoms with van der Waals surface area (Å²) in [7, 11) is -3.83. The Bertz CT molecular complexity index is 782. The minimum Gasteiger partial charge on any atom is -0.343 e. The summed E-state index contributed by atoms with van der Waals surface area (Å²) in [5.74, 6) is -0.105. The molecule has 1 aliphatic heterocycles. The van der Waals surface area contributed by atoms with Gasteiger partial charge in [-0.15, -0.1) is 0 Å². The quantitative estimate of drug-likeness (QED) is 0.553. The van der Waals surface area contributed by atoms with Gasteiger partial charge in [0.05, 0.1) is 9.82 Å². The van der Waals surface area contributed by atoms with Gasteiger partial charge in [-0.2, -0.15) is 4.31 Å². The third kappa shape index (κ3) is 4.04. The van der Waals surface area contributed by atoms with Crippen LogP contribution >= 0.6 is 0 Å². The van der Waals surface area contributed by atoms with Gasteiger partial charge in [-0.05, 0) is 39.2 Å². The van der Waals surface area contributed by atoms with Crippen molar-refractivity contribution in [1.82, 2.24) is 9.21 Å². The van der Waals surface area contributed by atoms with Crippen molar-refractivity contribution in [2.75, 3.05) is 26.2 Å². The molecule has 9 heteroatoms. The molecule has 0 aliphatic carbocycles. The zero-order chi connectivity index (χ0) is 19.5. The second kappa shape index (κ2) is 8.13. The molecule has 2 rings (SSSR count). The van der Waals surface area contributed by atoms with Gasteiger partial charge in [-0.3, -0.25) is 14.9 Å². The number of hydrogen-bond acceptors (Lipinski definition) is 5. The van der Waals surface area contributed by atoms with Gasteiger partial charge in [0.25, 0.3) is 5.69 Å². The molecule has 0 aromatic heterocycles. The van der Waals surface area contributed by atoms with Gasteiger partial charge >= 0.3 is 0 Å². The lowest BCUT2D eigenvalue weighted by atomic mass is 9.96. The van der Waals surface area contributed by atoms with Crippen molar-refractivity contribution >= 4 is 21.6 Å². The molecule has 0 unspecified atom stereocenters. The predicted octanol–water partition coefficient (Wildman–Crippen LogP) is 2.17. The fourth-order valence-electron chi connectivity index (χ4n) is 3.26. The Balaban J connectivity index is 2.17. The molecule has 144 valence electrons. The van der Waals surface area contributed by atoms with E-state index in [0.29, 0.717) is 31.5 Å². The number of benzene rings is 1. The molecule has 0 bridgehead atoms. The van der Waals surface area contributed by atoms with E-state index >= 15 is 0 Å². The number of carbonyl (C=O) groups is 1. The lowest BCUT2D eigenvalue weighted by molar-refractivity contribution is -0.385. The molecule has 0 N–H and O–H groups in total. The maximum Gasteiger partial charge on any atom is 0.270 e. The number of carbonyl (C=O) groups excluding carboxylic acids is 1. The molecule has 1 heterocycles. The first-order valence-corrected chi connectivity index (χ1v) is 10.2. The zero-order valence-corrected chi connectivity index (χ0v) is 16.2. The molecule has 0 radical (unpaired) electrons. The van der Waals surface area contributed by atoms with Crippen LogP contribution in [0.5, 0.6) is 0 Å². The molecule has 26 heavy (non-hydrogen) atoms. The van der Waals surface area contributed by atoms with Crippen LogP contribution in [0.25, 0.3) is 0 Å². The van der Waals surface area contributed by atoms with Crippen molar-refractivity contribution < 1.29 is 18.1 Å². The van der Waals surface area contributed by atoms with Gasteiger partial charge < -0.3 is 4.90 Å². The van der Waals surface area contributed by atoms with Gasteiger partial charge in [-0.1, -0.05) is 6.07 Å². The van der Waals surface area contributed by atoms with Gasteiger partial charge in [0, 0.05) is 44.2 Å². The topological polar surface area (TPSA) is 101 Å². The third-order valence-electron chi connectivity index (χ3n) is 4.88. The van der Waals surface area contributed by atoms with Gasteiger partial charge in [0.1, 0.15) is 0 Å².